The van der Waals surface area contributed by atoms with Gasteiger partial charge in [-0.2, -0.15) is 0 Å². The van der Waals surface area contributed by atoms with Crippen LogP contribution < -0.4 is 11.1 Å². The molecule has 0 saturated heterocycles. The van der Waals surface area contributed by atoms with Crippen LogP contribution in [0.3, 0.4) is 0 Å². The molecule has 0 aromatic heterocycles. The predicted molar refractivity (Wildman–Crippen MR) is 125 cm³/mol. The van der Waals surface area contributed by atoms with Crippen LogP contribution >= 0.6 is 0 Å². The van der Waals surface area contributed by atoms with E-state index in [1.54, 1.807) is 0 Å². The summed E-state index contributed by atoms with van der Waals surface area (Å²) in [7, 11) is 0. The van der Waals surface area contributed by atoms with Crippen molar-refractivity contribution in [2.24, 2.45) is 10.7 Å². The number of aliphatic imine (C=N–C) groups is 1. The Hall–Kier alpha value is -2.94. The Morgan fingerprint density at radius 2 is 2.07 bits per heavy atom. The number of carbonyl (C=O) groups is 1. The largest absolute Gasteiger partial charge is 0.396 e. The molecule has 1 aromatic rings. The number of amides is 1. The maximum atomic E-state index is 12.7. The van der Waals surface area contributed by atoms with E-state index in [4.69, 9.17) is 10.7 Å². The standard InChI is InChI=1S/C23H29N3O2.C2H2/c1-3-4-8-17-15(2)25-21(18(17)9-6-12-24)14-19-22-16(11-13-27)7-5-10-20(22)26-23(19)28;1-2/h3-5,7,10,14,21,27H,6,8-9,11-13,24H2,1-2H3,(H,26,28);1-2H/b4-3-,19-14-;. The van der Waals surface area contributed by atoms with E-state index in [-0.39, 0.29) is 18.6 Å². The summed E-state index contributed by atoms with van der Waals surface area (Å²) in [6, 6.07) is 5.64. The Bertz CT molecular complexity index is 920. The number of allylic oxidation sites excluding steroid dienone is 3. The molecule has 1 atom stereocenters. The summed E-state index contributed by atoms with van der Waals surface area (Å²) in [5.41, 5.74) is 12.6. The average Bonchev–Trinajstić information content (AvgIpc) is 3.23. The summed E-state index contributed by atoms with van der Waals surface area (Å²) in [6.07, 6.45) is 17.3. The normalized spacial score (nSPS) is 19.0. The van der Waals surface area contributed by atoms with E-state index in [0.717, 1.165) is 41.8 Å². The van der Waals surface area contributed by atoms with Crippen LogP contribution in [0.25, 0.3) is 5.57 Å². The number of terminal acetylenes is 1. The summed E-state index contributed by atoms with van der Waals surface area (Å²) in [5, 5.41) is 12.4. The van der Waals surface area contributed by atoms with Crippen LogP contribution in [0, 0.1) is 12.8 Å². The third-order valence-corrected chi connectivity index (χ3v) is 5.34. The first-order chi connectivity index (χ1) is 14.6. The summed E-state index contributed by atoms with van der Waals surface area (Å²) < 4.78 is 0. The molecule has 30 heavy (non-hydrogen) atoms. The molecule has 2 aliphatic rings. The van der Waals surface area contributed by atoms with Gasteiger partial charge in [0.15, 0.2) is 0 Å². The molecular formula is C25H31N3O2. The van der Waals surface area contributed by atoms with Crippen molar-refractivity contribution in [3.8, 4) is 12.8 Å². The number of benzene rings is 1. The fourth-order valence-corrected chi connectivity index (χ4v) is 3.99. The van der Waals surface area contributed by atoms with Crippen LogP contribution in [-0.2, 0) is 11.2 Å². The predicted octanol–water partition coefficient (Wildman–Crippen LogP) is 3.65. The van der Waals surface area contributed by atoms with Gasteiger partial charge in [0.1, 0.15) is 0 Å². The van der Waals surface area contributed by atoms with Gasteiger partial charge in [0.05, 0.1) is 6.04 Å². The molecule has 0 spiro atoms. The van der Waals surface area contributed by atoms with Crippen molar-refractivity contribution in [1.82, 2.24) is 0 Å². The Kier molecular flexibility index (Phi) is 8.79. The lowest BCUT2D eigenvalue weighted by Gasteiger charge is -2.13. The Labute approximate surface area is 179 Å². The van der Waals surface area contributed by atoms with Crippen LogP contribution in [0.1, 0.15) is 44.2 Å². The maximum Gasteiger partial charge on any atom is 0.256 e. The van der Waals surface area contributed by atoms with Crippen LogP contribution in [-0.4, -0.2) is 35.9 Å². The highest BCUT2D eigenvalue weighted by molar-refractivity contribution is 6.32. The number of hydrogen-bond donors (Lipinski definition) is 3. The van der Waals surface area contributed by atoms with Gasteiger partial charge in [-0.05, 0) is 74.9 Å². The molecule has 158 valence electrons. The van der Waals surface area contributed by atoms with Crippen molar-refractivity contribution in [2.45, 2.75) is 45.6 Å². The molecule has 3 rings (SSSR count). The van der Waals surface area contributed by atoms with Gasteiger partial charge in [0, 0.05) is 29.1 Å². The van der Waals surface area contributed by atoms with Gasteiger partial charge in [-0.25, -0.2) is 0 Å². The molecule has 1 unspecified atom stereocenters. The number of aliphatic hydroxyl groups is 1. The summed E-state index contributed by atoms with van der Waals surface area (Å²) >= 11 is 0. The Balaban J connectivity index is 0.00000155. The first-order valence-corrected chi connectivity index (χ1v) is 10.3. The quantitative estimate of drug-likeness (QED) is 0.350. The van der Waals surface area contributed by atoms with Gasteiger partial charge in [-0.3, -0.25) is 9.79 Å². The molecular weight excluding hydrogens is 374 g/mol. The number of hydrogen-bond acceptors (Lipinski definition) is 4. The molecule has 1 aromatic carbocycles. The molecule has 0 radical (unpaired) electrons. The van der Waals surface area contributed by atoms with Crippen LogP contribution in [0.15, 0.2) is 52.6 Å². The number of nitrogens with one attached hydrogen (secondary N) is 1. The van der Waals surface area contributed by atoms with E-state index >= 15 is 0 Å². The lowest BCUT2D eigenvalue weighted by atomic mass is 9.92. The summed E-state index contributed by atoms with van der Waals surface area (Å²) in [6.45, 7) is 4.74. The number of anilines is 1. The minimum absolute atomic E-state index is 0.0494. The average molecular weight is 406 g/mol. The van der Waals surface area contributed by atoms with Crippen LogP contribution in [0.4, 0.5) is 5.69 Å². The highest BCUT2D eigenvalue weighted by atomic mass is 16.3. The minimum atomic E-state index is -0.138. The molecule has 0 aliphatic carbocycles. The number of carbonyl (C=O) groups excluding carboxylic acids is 1. The smallest absolute Gasteiger partial charge is 0.256 e. The van der Waals surface area contributed by atoms with E-state index in [9.17, 15) is 9.90 Å². The lowest BCUT2D eigenvalue weighted by molar-refractivity contribution is -0.110. The summed E-state index contributed by atoms with van der Waals surface area (Å²) in [4.78, 5) is 17.6. The zero-order chi connectivity index (χ0) is 22.1. The first kappa shape index (κ1) is 23.3. The van der Waals surface area contributed by atoms with Gasteiger partial charge in [0.25, 0.3) is 5.91 Å². The second kappa shape index (κ2) is 11.3. The fourth-order valence-electron chi connectivity index (χ4n) is 3.99. The molecule has 4 N–H and O–H groups in total. The van der Waals surface area contributed by atoms with E-state index in [2.05, 4.69) is 30.3 Å². The molecule has 5 heteroatoms. The van der Waals surface area contributed by atoms with Crippen molar-refractivity contribution >= 4 is 22.9 Å². The topological polar surface area (TPSA) is 87.7 Å². The minimum Gasteiger partial charge on any atom is -0.396 e. The van der Waals surface area contributed by atoms with Crippen molar-refractivity contribution in [3.63, 3.8) is 0 Å². The van der Waals surface area contributed by atoms with Crippen LogP contribution in [0.2, 0.25) is 0 Å². The third kappa shape index (κ3) is 4.96. The SMILES string of the molecule is C#C.C/C=C\CC1=C(CCCN)C(/C=C2\C(=O)Nc3cccc(CCO)c32)N=C1C. The van der Waals surface area contributed by atoms with Crippen LogP contribution in [0.5, 0.6) is 0 Å². The maximum absolute atomic E-state index is 12.7. The lowest BCUT2D eigenvalue weighted by Crippen LogP contribution is -2.10. The van der Waals surface area contributed by atoms with Crippen molar-refractivity contribution < 1.29 is 9.90 Å². The number of aliphatic hydroxyl groups excluding tert-OH is 1. The van der Waals surface area contributed by atoms with Gasteiger partial charge < -0.3 is 16.2 Å². The number of fused-ring (bicyclic) bond motifs is 1. The monoisotopic (exact) mass is 405 g/mol. The summed E-state index contributed by atoms with van der Waals surface area (Å²) in [5.74, 6) is -0.103. The first-order valence-electron chi connectivity index (χ1n) is 10.3. The zero-order valence-electron chi connectivity index (χ0n) is 17.8. The number of nitrogens with zero attached hydrogens (tertiary/aromatic N) is 1. The molecule has 0 fully saturated rings. The zero-order valence-corrected chi connectivity index (χ0v) is 17.8. The van der Waals surface area contributed by atoms with Gasteiger partial charge in [-0.15, -0.1) is 12.8 Å². The molecule has 5 nitrogen and oxygen atoms in total. The van der Waals surface area contributed by atoms with Crippen molar-refractivity contribution in [3.05, 3.63) is 58.7 Å². The molecule has 0 saturated carbocycles. The number of nitrogens with two attached hydrogens (primary N) is 1. The second-order valence-corrected chi connectivity index (χ2v) is 7.18. The Morgan fingerprint density at radius 3 is 2.73 bits per heavy atom. The number of rotatable bonds is 8. The van der Waals surface area contributed by atoms with E-state index in [0.29, 0.717) is 18.5 Å². The van der Waals surface area contributed by atoms with Gasteiger partial charge in [0.2, 0.25) is 0 Å². The molecule has 0 bridgehead atoms. The van der Waals surface area contributed by atoms with Gasteiger partial charge >= 0.3 is 0 Å². The Morgan fingerprint density at radius 1 is 1.30 bits per heavy atom. The third-order valence-electron chi connectivity index (χ3n) is 5.34. The van der Waals surface area contributed by atoms with E-state index in [1.807, 2.05) is 38.1 Å². The van der Waals surface area contributed by atoms with E-state index in [1.165, 1.54) is 11.1 Å². The highest BCUT2D eigenvalue weighted by Crippen LogP contribution is 2.38. The van der Waals surface area contributed by atoms with Crippen molar-refractivity contribution in [1.29, 1.82) is 0 Å². The highest BCUT2D eigenvalue weighted by Gasteiger charge is 2.30. The molecule has 1 amide bonds. The van der Waals surface area contributed by atoms with Crippen molar-refractivity contribution in [2.75, 3.05) is 18.5 Å². The fraction of sp³-hybridized carbons (Fsp3) is 0.360. The second-order valence-electron chi connectivity index (χ2n) is 7.18. The molecule has 2 heterocycles. The molecule has 2 aliphatic heterocycles. The van der Waals surface area contributed by atoms with Gasteiger partial charge in [-0.1, -0.05) is 24.3 Å². The van der Waals surface area contributed by atoms with E-state index < -0.39 is 0 Å².